The molecular weight excluding hydrogens is 380 g/mol. The van der Waals surface area contributed by atoms with Crippen molar-refractivity contribution in [2.24, 2.45) is 5.92 Å². The SMILES string of the molecule is CN1CCCC1=O.CS(=O)(=O)OCC1CCN(c2cccc(Cl)c2)C1=O. The van der Waals surface area contributed by atoms with Gasteiger partial charge in [0.1, 0.15) is 0 Å². The maximum absolute atomic E-state index is 12.1. The van der Waals surface area contributed by atoms with Gasteiger partial charge in [-0.1, -0.05) is 17.7 Å². The van der Waals surface area contributed by atoms with E-state index in [0.717, 1.165) is 31.3 Å². The van der Waals surface area contributed by atoms with Gasteiger partial charge in [0.15, 0.2) is 0 Å². The Balaban J connectivity index is 0.000000290. The molecule has 2 fully saturated rings. The van der Waals surface area contributed by atoms with Gasteiger partial charge in [-0.15, -0.1) is 0 Å². The van der Waals surface area contributed by atoms with Crippen LogP contribution in [0.25, 0.3) is 0 Å². The van der Waals surface area contributed by atoms with Crippen LogP contribution in [0.2, 0.25) is 5.02 Å². The molecule has 144 valence electrons. The van der Waals surface area contributed by atoms with Crippen LogP contribution in [0.3, 0.4) is 0 Å². The third-order valence-corrected chi connectivity index (χ3v) is 5.03. The molecule has 7 nitrogen and oxygen atoms in total. The summed E-state index contributed by atoms with van der Waals surface area (Å²) in [5, 5.41) is 0.557. The lowest BCUT2D eigenvalue weighted by Crippen LogP contribution is -2.29. The van der Waals surface area contributed by atoms with Gasteiger partial charge in [0.25, 0.3) is 10.1 Å². The van der Waals surface area contributed by atoms with E-state index in [-0.39, 0.29) is 12.5 Å². The number of anilines is 1. The van der Waals surface area contributed by atoms with Gasteiger partial charge < -0.3 is 9.80 Å². The topological polar surface area (TPSA) is 84.0 Å². The third kappa shape index (κ3) is 5.96. The molecule has 3 rings (SSSR count). The summed E-state index contributed by atoms with van der Waals surface area (Å²) in [4.78, 5) is 26.0. The molecule has 1 aromatic rings. The minimum absolute atomic E-state index is 0.102. The van der Waals surface area contributed by atoms with Crippen molar-refractivity contribution in [3.05, 3.63) is 29.3 Å². The molecule has 1 atom stereocenters. The number of amides is 2. The van der Waals surface area contributed by atoms with Gasteiger partial charge >= 0.3 is 0 Å². The van der Waals surface area contributed by atoms with Crippen molar-refractivity contribution in [3.63, 3.8) is 0 Å². The fourth-order valence-corrected chi connectivity index (χ4v) is 3.38. The Kier molecular flexibility index (Phi) is 7.02. The molecule has 0 aliphatic carbocycles. The zero-order valence-corrected chi connectivity index (χ0v) is 16.4. The number of carbonyl (C=O) groups is 2. The van der Waals surface area contributed by atoms with Crippen molar-refractivity contribution in [3.8, 4) is 0 Å². The summed E-state index contributed by atoms with van der Waals surface area (Å²) in [5.74, 6) is -0.264. The van der Waals surface area contributed by atoms with Crippen LogP contribution in [0.1, 0.15) is 19.3 Å². The molecule has 0 spiro atoms. The van der Waals surface area contributed by atoms with E-state index in [2.05, 4.69) is 0 Å². The molecule has 26 heavy (non-hydrogen) atoms. The van der Waals surface area contributed by atoms with Crippen LogP contribution in [0.4, 0.5) is 5.69 Å². The van der Waals surface area contributed by atoms with Crippen molar-refractivity contribution in [2.45, 2.75) is 19.3 Å². The van der Waals surface area contributed by atoms with E-state index in [1.165, 1.54) is 0 Å². The Morgan fingerprint density at radius 1 is 1.27 bits per heavy atom. The smallest absolute Gasteiger partial charge is 0.264 e. The number of rotatable bonds is 4. The summed E-state index contributed by atoms with van der Waals surface area (Å²) in [6.07, 6.45) is 3.36. The lowest BCUT2D eigenvalue weighted by atomic mass is 10.1. The Hall–Kier alpha value is -1.64. The molecule has 2 amide bonds. The molecule has 0 bridgehead atoms. The highest BCUT2D eigenvalue weighted by Gasteiger charge is 2.33. The molecule has 0 aromatic heterocycles. The van der Waals surface area contributed by atoms with Gasteiger partial charge in [0.2, 0.25) is 11.8 Å². The van der Waals surface area contributed by atoms with Gasteiger partial charge in [-0.05, 0) is 31.0 Å². The van der Waals surface area contributed by atoms with Crippen LogP contribution >= 0.6 is 11.6 Å². The van der Waals surface area contributed by atoms with Gasteiger partial charge in [-0.25, -0.2) is 0 Å². The molecule has 0 radical (unpaired) electrons. The first kappa shape index (κ1) is 20.7. The Morgan fingerprint density at radius 2 is 2.00 bits per heavy atom. The Morgan fingerprint density at radius 3 is 2.50 bits per heavy atom. The first-order chi connectivity index (χ1) is 12.2. The minimum atomic E-state index is -3.52. The van der Waals surface area contributed by atoms with E-state index >= 15 is 0 Å². The Labute approximate surface area is 159 Å². The fourth-order valence-electron chi connectivity index (χ4n) is 2.78. The second-order valence-electron chi connectivity index (χ2n) is 6.36. The summed E-state index contributed by atoms with van der Waals surface area (Å²) in [7, 11) is -1.67. The number of hydrogen-bond donors (Lipinski definition) is 0. The zero-order chi connectivity index (χ0) is 19.3. The van der Waals surface area contributed by atoms with Gasteiger partial charge in [-0.3, -0.25) is 13.8 Å². The number of halogens is 1. The molecule has 2 aliphatic rings. The van der Waals surface area contributed by atoms with Crippen molar-refractivity contribution in [1.82, 2.24) is 4.90 Å². The monoisotopic (exact) mass is 402 g/mol. The Bertz CT molecular complexity index is 768. The summed E-state index contributed by atoms with van der Waals surface area (Å²) in [5.41, 5.74) is 0.722. The van der Waals surface area contributed by atoms with E-state index in [1.54, 1.807) is 34.1 Å². The molecule has 1 aromatic carbocycles. The second kappa shape index (κ2) is 8.83. The largest absolute Gasteiger partial charge is 0.346 e. The van der Waals surface area contributed by atoms with Gasteiger partial charge in [0.05, 0.1) is 18.8 Å². The zero-order valence-electron chi connectivity index (χ0n) is 14.9. The minimum Gasteiger partial charge on any atom is -0.346 e. The highest BCUT2D eigenvalue weighted by atomic mass is 35.5. The average molecular weight is 403 g/mol. The van der Waals surface area contributed by atoms with Crippen molar-refractivity contribution < 1.29 is 22.2 Å². The van der Waals surface area contributed by atoms with Crippen molar-refractivity contribution in [2.75, 3.05) is 37.9 Å². The lowest BCUT2D eigenvalue weighted by Gasteiger charge is -2.17. The lowest BCUT2D eigenvalue weighted by molar-refractivity contribution is -0.126. The third-order valence-electron chi connectivity index (χ3n) is 4.23. The van der Waals surface area contributed by atoms with E-state index in [4.69, 9.17) is 15.8 Å². The summed E-state index contributed by atoms with van der Waals surface area (Å²) >= 11 is 5.89. The number of nitrogens with zero attached hydrogens (tertiary/aromatic N) is 2. The number of benzene rings is 1. The molecular formula is C17H23ClN2O5S. The van der Waals surface area contributed by atoms with Gasteiger partial charge in [0, 0.05) is 37.3 Å². The number of hydrogen-bond acceptors (Lipinski definition) is 5. The molecule has 2 saturated heterocycles. The van der Waals surface area contributed by atoms with Crippen LogP contribution in [0.5, 0.6) is 0 Å². The normalized spacial score (nSPS) is 20.3. The van der Waals surface area contributed by atoms with E-state index in [0.29, 0.717) is 23.9 Å². The molecule has 2 heterocycles. The van der Waals surface area contributed by atoms with Gasteiger partial charge in [-0.2, -0.15) is 8.42 Å². The quantitative estimate of drug-likeness (QED) is 0.718. The highest BCUT2D eigenvalue weighted by molar-refractivity contribution is 7.85. The predicted octanol–water partition coefficient (Wildman–Crippen LogP) is 1.91. The average Bonchev–Trinajstić information content (AvgIpc) is 3.11. The second-order valence-corrected chi connectivity index (χ2v) is 8.44. The van der Waals surface area contributed by atoms with Crippen LogP contribution in [-0.4, -0.2) is 58.1 Å². The van der Waals surface area contributed by atoms with Crippen LogP contribution in [-0.2, 0) is 23.9 Å². The van der Waals surface area contributed by atoms with E-state index in [1.807, 2.05) is 7.05 Å². The van der Waals surface area contributed by atoms with Crippen molar-refractivity contribution in [1.29, 1.82) is 0 Å². The summed E-state index contributed by atoms with van der Waals surface area (Å²) in [6, 6.07) is 7.00. The maximum atomic E-state index is 12.1. The van der Waals surface area contributed by atoms with Crippen LogP contribution < -0.4 is 4.90 Å². The first-order valence-corrected chi connectivity index (χ1v) is 10.5. The number of likely N-dealkylation sites (tertiary alicyclic amines) is 1. The maximum Gasteiger partial charge on any atom is 0.264 e. The molecule has 0 saturated carbocycles. The standard InChI is InChI=1S/C12H14ClNO4S.C5H9NO/c1-19(16,17)18-8-9-5-6-14(12(9)15)11-4-2-3-10(13)7-11;1-6-4-2-3-5(6)7/h2-4,7,9H,5-6,8H2,1H3;2-4H2,1H3. The summed E-state index contributed by atoms with van der Waals surface area (Å²) in [6.45, 7) is 1.39. The van der Waals surface area contributed by atoms with Crippen molar-refractivity contribution >= 4 is 39.2 Å². The van der Waals surface area contributed by atoms with E-state index in [9.17, 15) is 18.0 Å². The molecule has 9 heteroatoms. The van der Waals surface area contributed by atoms with Crippen LogP contribution in [0, 0.1) is 5.92 Å². The predicted molar refractivity (Wildman–Crippen MR) is 99.6 cm³/mol. The molecule has 1 unspecified atom stereocenters. The van der Waals surface area contributed by atoms with E-state index < -0.39 is 16.0 Å². The molecule has 2 aliphatic heterocycles. The fraction of sp³-hybridized carbons (Fsp3) is 0.529. The molecule has 0 N–H and O–H groups in total. The first-order valence-electron chi connectivity index (χ1n) is 8.32. The number of carbonyl (C=O) groups excluding carboxylic acids is 2. The summed E-state index contributed by atoms with van der Waals surface area (Å²) < 4.78 is 26.5. The highest BCUT2D eigenvalue weighted by Crippen LogP contribution is 2.27. The van der Waals surface area contributed by atoms with Crippen LogP contribution in [0.15, 0.2) is 24.3 Å².